The number of nitrogens with zero attached hydrogens (tertiary/aromatic N) is 1. The van der Waals surface area contributed by atoms with Crippen LogP contribution < -0.4 is 14.8 Å². The van der Waals surface area contributed by atoms with Gasteiger partial charge in [0.15, 0.2) is 16.6 Å². The number of rotatable bonds is 5. The molecule has 0 unspecified atom stereocenters. The molecule has 1 amide bonds. The van der Waals surface area contributed by atoms with Gasteiger partial charge in [0.2, 0.25) is 5.91 Å². The Morgan fingerprint density at radius 3 is 2.91 bits per heavy atom. The molecule has 3 rings (SSSR count). The maximum atomic E-state index is 11.8. The summed E-state index contributed by atoms with van der Waals surface area (Å²) in [6.07, 6.45) is 3.52. The summed E-state index contributed by atoms with van der Waals surface area (Å²) in [6.45, 7) is 1.17. The summed E-state index contributed by atoms with van der Waals surface area (Å²) in [5.74, 6) is 1.52. The van der Waals surface area contributed by atoms with E-state index in [4.69, 9.17) is 21.1 Å². The number of thiazole rings is 1. The Morgan fingerprint density at radius 2 is 2.14 bits per heavy atom. The normalized spacial score (nSPS) is 13.0. The third-order valence-corrected chi connectivity index (χ3v) is 4.23. The highest BCUT2D eigenvalue weighted by molar-refractivity contribution is 7.19. The number of nitrogens with one attached hydrogen (secondary N) is 1. The molecule has 0 saturated heterocycles. The molecular weight excluding hydrogens is 324 g/mol. The van der Waals surface area contributed by atoms with Crippen LogP contribution in [0, 0.1) is 0 Å². The Hall–Kier alpha value is -1.79. The average molecular weight is 339 g/mol. The highest BCUT2D eigenvalue weighted by atomic mass is 35.5. The first-order valence-corrected chi connectivity index (χ1v) is 8.20. The molecule has 0 spiro atoms. The molecule has 1 aromatic heterocycles. The largest absolute Gasteiger partial charge is 0.486 e. The van der Waals surface area contributed by atoms with Crippen LogP contribution in [-0.4, -0.2) is 24.1 Å². The van der Waals surface area contributed by atoms with Gasteiger partial charge in [-0.2, -0.15) is 0 Å². The molecule has 5 nitrogen and oxygen atoms in total. The lowest BCUT2D eigenvalue weighted by Gasteiger charge is -2.18. The van der Waals surface area contributed by atoms with Crippen LogP contribution in [0.3, 0.4) is 0 Å². The highest BCUT2D eigenvalue weighted by Gasteiger charge is 2.12. The van der Waals surface area contributed by atoms with Crippen LogP contribution in [-0.2, 0) is 11.2 Å². The van der Waals surface area contributed by atoms with Gasteiger partial charge < -0.3 is 14.8 Å². The minimum Gasteiger partial charge on any atom is -0.486 e. The Morgan fingerprint density at radius 1 is 1.32 bits per heavy atom. The average Bonchev–Trinajstić information content (AvgIpc) is 2.92. The fourth-order valence-electron chi connectivity index (χ4n) is 2.19. The predicted octanol–water partition coefficient (Wildman–Crippen LogP) is 3.53. The summed E-state index contributed by atoms with van der Waals surface area (Å²) >= 11 is 7.02. The lowest BCUT2D eigenvalue weighted by atomic mass is 10.1. The second kappa shape index (κ2) is 6.98. The van der Waals surface area contributed by atoms with Crippen molar-refractivity contribution in [3.63, 3.8) is 0 Å². The number of fused-ring (bicyclic) bond motifs is 1. The number of hydrogen-bond donors (Lipinski definition) is 1. The number of hydrogen-bond acceptors (Lipinski definition) is 5. The minimum atomic E-state index is -0.0523. The maximum Gasteiger partial charge on any atom is 0.226 e. The van der Waals surface area contributed by atoms with Crippen molar-refractivity contribution >= 4 is 34.0 Å². The first-order valence-electron chi connectivity index (χ1n) is 7.00. The van der Waals surface area contributed by atoms with Crippen LogP contribution in [0.4, 0.5) is 5.13 Å². The van der Waals surface area contributed by atoms with Gasteiger partial charge in [0.05, 0.1) is 6.20 Å². The Balaban J connectivity index is 1.47. The number of carbonyl (C=O) groups excluding carboxylic acids is 1. The maximum absolute atomic E-state index is 11.8. The van der Waals surface area contributed by atoms with Crippen LogP contribution in [0.2, 0.25) is 4.34 Å². The topological polar surface area (TPSA) is 60.5 Å². The van der Waals surface area contributed by atoms with E-state index in [1.807, 2.05) is 18.2 Å². The lowest BCUT2D eigenvalue weighted by Crippen LogP contribution is -2.15. The number of aryl methyl sites for hydroxylation is 1. The van der Waals surface area contributed by atoms with Gasteiger partial charge >= 0.3 is 0 Å². The summed E-state index contributed by atoms with van der Waals surface area (Å²) in [4.78, 5) is 15.8. The molecule has 1 N–H and O–H groups in total. The first-order chi connectivity index (χ1) is 10.7. The van der Waals surface area contributed by atoms with Crippen molar-refractivity contribution in [3.05, 3.63) is 34.3 Å². The molecular formula is C15H15ClN2O3S. The fourth-order valence-corrected chi connectivity index (χ4v) is 3.02. The molecule has 2 heterocycles. The Bertz CT molecular complexity index is 675. The number of benzene rings is 1. The third-order valence-electron chi connectivity index (χ3n) is 3.20. The molecule has 22 heavy (non-hydrogen) atoms. The molecule has 1 aromatic carbocycles. The second-order valence-corrected chi connectivity index (χ2v) is 6.51. The Labute approximate surface area is 137 Å². The molecule has 116 valence electrons. The van der Waals surface area contributed by atoms with E-state index in [1.54, 1.807) is 0 Å². The van der Waals surface area contributed by atoms with E-state index in [0.29, 0.717) is 29.1 Å². The van der Waals surface area contributed by atoms with E-state index in [2.05, 4.69) is 10.3 Å². The van der Waals surface area contributed by atoms with Crippen molar-refractivity contribution in [1.82, 2.24) is 4.98 Å². The molecule has 0 radical (unpaired) electrons. The molecule has 7 heteroatoms. The van der Waals surface area contributed by atoms with E-state index >= 15 is 0 Å². The van der Waals surface area contributed by atoms with Gasteiger partial charge in [-0.05, 0) is 30.5 Å². The number of aromatic nitrogens is 1. The zero-order valence-corrected chi connectivity index (χ0v) is 13.4. The van der Waals surface area contributed by atoms with Gasteiger partial charge in [0, 0.05) is 6.42 Å². The quantitative estimate of drug-likeness (QED) is 0.906. The molecule has 0 aliphatic carbocycles. The molecule has 1 aliphatic rings. The fraction of sp³-hybridized carbons (Fsp3) is 0.333. The Kier molecular flexibility index (Phi) is 4.80. The van der Waals surface area contributed by atoms with Crippen molar-refractivity contribution in [3.8, 4) is 11.5 Å². The summed E-state index contributed by atoms with van der Waals surface area (Å²) < 4.78 is 11.6. The van der Waals surface area contributed by atoms with Crippen LogP contribution in [0.5, 0.6) is 11.5 Å². The van der Waals surface area contributed by atoms with E-state index in [1.165, 1.54) is 17.5 Å². The zero-order chi connectivity index (χ0) is 15.4. The second-order valence-electron chi connectivity index (χ2n) is 4.85. The van der Waals surface area contributed by atoms with Crippen LogP contribution in [0.15, 0.2) is 24.4 Å². The van der Waals surface area contributed by atoms with Crippen LogP contribution in [0.25, 0.3) is 0 Å². The number of halogens is 1. The van der Waals surface area contributed by atoms with Crippen molar-refractivity contribution in [1.29, 1.82) is 0 Å². The third kappa shape index (κ3) is 3.90. The summed E-state index contributed by atoms with van der Waals surface area (Å²) in [6, 6.07) is 5.90. The van der Waals surface area contributed by atoms with Crippen LogP contribution in [0.1, 0.15) is 18.4 Å². The number of amides is 1. The van der Waals surface area contributed by atoms with Gasteiger partial charge in [-0.15, -0.1) is 0 Å². The lowest BCUT2D eigenvalue weighted by molar-refractivity contribution is -0.116. The van der Waals surface area contributed by atoms with Crippen molar-refractivity contribution < 1.29 is 14.3 Å². The highest BCUT2D eigenvalue weighted by Crippen LogP contribution is 2.31. The van der Waals surface area contributed by atoms with Crippen molar-refractivity contribution in [2.45, 2.75) is 19.3 Å². The zero-order valence-electron chi connectivity index (χ0n) is 11.8. The molecule has 0 bridgehead atoms. The van der Waals surface area contributed by atoms with E-state index in [9.17, 15) is 4.79 Å². The van der Waals surface area contributed by atoms with Crippen LogP contribution >= 0.6 is 22.9 Å². The number of ether oxygens (including phenoxy) is 2. The van der Waals surface area contributed by atoms with Gasteiger partial charge in [0.25, 0.3) is 0 Å². The summed E-state index contributed by atoms with van der Waals surface area (Å²) in [5, 5.41) is 3.27. The van der Waals surface area contributed by atoms with Gasteiger partial charge in [-0.1, -0.05) is 29.0 Å². The SMILES string of the molecule is O=C(CCCc1ccc2c(c1)OCCO2)Nc1ncc(Cl)s1. The smallest absolute Gasteiger partial charge is 0.226 e. The van der Waals surface area contributed by atoms with E-state index < -0.39 is 0 Å². The van der Waals surface area contributed by atoms with Crippen molar-refractivity contribution in [2.75, 3.05) is 18.5 Å². The van der Waals surface area contributed by atoms with Gasteiger partial charge in [0.1, 0.15) is 17.6 Å². The van der Waals surface area contributed by atoms with E-state index in [0.717, 1.165) is 29.9 Å². The van der Waals surface area contributed by atoms with Gasteiger partial charge in [-0.25, -0.2) is 4.98 Å². The monoisotopic (exact) mass is 338 g/mol. The first kappa shape index (κ1) is 15.1. The summed E-state index contributed by atoms with van der Waals surface area (Å²) in [5.41, 5.74) is 1.13. The minimum absolute atomic E-state index is 0.0523. The predicted molar refractivity (Wildman–Crippen MR) is 86.1 cm³/mol. The summed E-state index contributed by atoms with van der Waals surface area (Å²) in [7, 11) is 0. The van der Waals surface area contributed by atoms with Crippen molar-refractivity contribution in [2.24, 2.45) is 0 Å². The molecule has 0 saturated carbocycles. The molecule has 2 aromatic rings. The number of anilines is 1. The number of carbonyl (C=O) groups is 1. The van der Waals surface area contributed by atoms with E-state index in [-0.39, 0.29) is 5.91 Å². The molecule has 0 fully saturated rings. The standard InChI is InChI=1S/C15H15ClN2O3S/c16-13-9-17-15(22-13)18-14(19)3-1-2-10-4-5-11-12(8-10)21-7-6-20-11/h4-5,8-9H,1-3,6-7H2,(H,17,18,19). The molecule has 1 aliphatic heterocycles. The van der Waals surface area contributed by atoms with Gasteiger partial charge in [-0.3, -0.25) is 4.79 Å². The molecule has 0 atom stereocenters.